The number of hydrogen-bond donors (Lipinski definition) is 2. The lowest BCUT2D eigenvalue weighted by Gasteiger charge is -2.36. The average molecular weight is 694 g/mol. The second-order valence-electron chi connectivity index (χ2n) is 13.5. The molecule has 1 aliphatic carbocycles. The van der Waals surface area contributed by atoms with Crippen LogP contribution in [-0.4, -0.2) is 12.0 Å². The van der Waals surface area contributed by atoms with Gasteiger partial charge in [0, 0.05) is 62.8 Å². The minimum atomic E-state index is -0.179. The molecule has 2 N–H and O–H groups in total. The molecule has 244 valence electrons. The van der Waals surface area contributed by atoms with Crippen LogP contribution in [-0.2, 0) is 6.42 Å². The van der Waals surface area contributed by atoms with E-state index in [9.17, 15) is 0 Å². The predicted molar refractivity (Wildman–Crippen MR) is 216 cm³/mol. The standard InChI is InChI=1S/C45H31N3OS2/c1-2-10-26(11-3-1)43-46-44(28-20-22-38-35(25-28)30-12-4-6-18-37(30)49-38)48-45(47-43)34-17-9-16-33-36-24-27(21-23-40(36)51-42(33)34)29-14-8-15-32-31-13-5-7-19-39(31)50-41(29)32/h1-24,28,43-44,46H,25H2,(H,47,48). The molecule has 4 heterocycles. The van der Waals surface area contributed by atoms with Crippen molar-refractivity contribution in [1.82, 2.24) is 10.6 Å². The highest BCUT2D eigenvalue weighted by molar-refractivity contribution is 7.26. The van der Waals surface area contributed by atoms with Gasteiger partial charge in [0.05, 0.1) is 6.17 Å². The van der Waals surface area contributed by atoms with Gasteiger partial charge in [0.15, 0.2) is 0 Å². The van der Waals surface area contributed by atoms with Crippen LogP contribution in [0.25, 0.3) is 68.5 Å². The van der Waals surface area contributed by atoms with Crippen molar-refractivity contribution < 1.29 is 4.42 Å². The summed E-state index contributed by atoms with van der Waals surface area (Å²) in [7, 11) is 0. The topological polar surface area (TPSA) is 49.6 Å². The van der Waals surface area contributed by atoms with Crippen molar-refractivity contribution in [2.45, 2.75) is 18.8 Å². The number of thiophene rings is 2. The Balaban J connectivity index is 1.01. The molecule has 3 unspecified atom stereocenters. The van der Waals surface area contributed by atoms with Gasteiger partial charge in [0.25, 0.3) is 0 Å². The second kappa shape index (κ2) is 11.5. The van der Waals surface area contributed by atoms with Gasteiger partial charge in [-0.15, -0.1) is 22.7 Å². The Morgan fingerprint density at radius 3 is 2.22 bits per heavy atom. The molecule has 0 spiro atoms. The quantitative estimate of drug-likeness (QED) is 0.193. The van der Waals surface area contributed by atoms with E-state index < -0.39 is 0 Å². The number of furan rings is 1. The van der Waals surface area contributed by atoms with E-state index >= 15 is 0 Å². The van der Waals surface area contributed by atoms with Gasteiger partial charge < -0.3 is 9.73 Å². The minimum Gasteiger partial charge on any atom is -0.456 e. The highest BCUT2D eigenvalue weighted by Crippen LogP contribution is 2.43. The molecule has 4 nitrogen and oxygen atoms in total. The zero-order valence-corrected chi connectivity index (χ0v) is 29.1. The van der Waals surface area contributed by atoms with Gasteiger partial charge >= 0.3 is 0 Å². The van der Waals surface area contributed by atoms with Crippen molar-refractivity contribution in [3.8, 4) is 11.1 Å². The fraction of sp³-hybridized carbons (Fsp3) is 0.0889. The maximum atomic E-state index is 6.21. The average Bonchev–Trinajstić information content (AvgIpc) is 3.89. The van der Waals surface area contributed by atoms with Crippen molar-refractivity contribution in [1.29, 1.82) is 0 Å². The zero-order valence-electron chi connectivity index (χ0n) is 27.5. The van der Waals surface area contributed by atoms with Crippen molar-refractivity contribution in [2.75, 3.05) is 0 Å². The first-order valence-corrected chi connectivity index (χ1v) is 19.1. The summed E-state index contributed by atoms with van der Waals surface area (Å²) in [4.78, 5) is 5.35. The van der Waals surface area contributed by atoms with E-state index in [1.807, 2.05) is 28.7 Å². The van der Waals surface area contributed by atoms with E-state index in [0.717, 1.165) is 34.7 Å². The molecule has 0 radical (unpaired) electrons. The Morgan fingerprint density at radius 2 is 1.33 bits per heavy atom. The van der Waals surface area contributed by atoms with Gasteiger partial charge in [-0.1, -0.05) is 109 Å². The Bertz CT molecular complexity index is 2880. The van der Waals surface area contributed by atoms with E-state index in [0.29, 0.717) is 0 Å². The lowest BCUT2D eigenvalue weighted by Crippen LogP contribution is -2.55. The minimum absolute atomic E-state index is 0.0289. The number of benzene rings is 6. The number of amidine groups is 1. The van der Waals surface area contributed by atoms with Gasteiger partial charge in [-0.3, -0.25) is 5.32 Å². The molecule has 11 rings (SSSR count). The first-order valence-electron chi connectivity index (χ1n) is 17.5. The first kappa shape index (κ1) is 29.2. The zero-order chi connectivity index (χ0) is 33.5. The molecular weight excluding hydrogens is 663 g/mol. The van der Waals surface area contributed by atoms with Crippen LogP contribution in [0, 0.1) is 5.92 Å². The van der Waals surface area contributed by atoms with E-state index in [4.69, 9.17) is 9.41 Å². The van der Waals surface area contributed by atoms with Gasteiger partial charge in [-0.25, -0.2) is 4.99 Å². The van der Waals surface area contributed by atoms with E-state index in [1.54, 1.807) is 0 Å². The van der Waals surface area contributed by atoms with Crippen LogP contribution in [0.2, 0.25) is 0 Å². The third-order valence-corrected chi connectivity index (χ3v) is 13.0. The fourth-order valence-corrected chi connectivity index (χ4v) is 10.5. The maximum absolute atomic E-state index is 6.21. The van der Waals surface area contributed by atoms with Gasteiger partial charge in [0.1, 0.15) is 23.3 Å². The molecule has 1 aliphatic heterocycles. The SMILES string of the molecule is C1=CC(C2NC(c3cccc4c3sc3ccc(-c5cccc6c5sc5ccccc56)cc34)=NC(c3ccccc3)N2)Cc2c1oc1ccccc21. The highest BCUT2D eigenvalue weighted by Gasteiger charge is 2.32. The monoisotopic (exact) mass is 693 g/mol. The van der Waals surface area contributed by atoms with Crippen LogP contribution in [0.5, 0.6) is 0 Å². The van der Waals surface area contributed by atoms with Gasteiger partial charge in [-0.05, 0) is 59.5 Å². The van der Waals surface area contributed by atoms with Gasteiger partial charge in [-0.2, -0.15) is 0 Å². The van der Waals surface area contributed by atoms with Crippen LogP contribution in [0.15, 0.2) is 149 Å². The molecule has 3 atom stereocenters. The first-order chi connectivity index (χ1) is 25.2. The normalized spacial score (nSPS) is 18.8. The Hall–Kier alpha value is -5.53. The lowest BCUT2D eigenvalue weighted by molar-refractivity contribution is 0.325. The molecule has 0 bridgehead atoms. The number of fused-ring (bicyclic) bond motifs is 9. The maximum Gasteiger partial charge on any atom is 0.135 e. The molecule has 0 saturated carbocycles. The largest absolute Gasteiger partial charge is 0.456 e. The summed E-state index contributed by atoms with van der Waals surface area (Å²) in [6.07, 6.45) is 5.11. The van der Waals surface area contributed by atoms with E-state index in [1.165, 1.54) is 62.4 Å². The van der Waals surface area contributed by atoms with Crippen LogP contribution in [0.4, 0.5) is 0 Å². The number of rotatable bonds is 4. The second-order valence-corrected chi connectivity index (χ2v) is 15.6. The van der Waals surface area contributed by atoms with Crippen LogP contribution >= 0.6 is 22.7 Å². The van der Waals surface area contributed by atoms with Crippen molar-refractivity contribution in [3.63, 3.8) is 0 Å². The summed E-state index contributed by atoms with van der Waals surface area (Å²) in [5.74, 6) is 2.10. The number of hydrogen-bond acceptors (Lipinski definition) is 6. The fourth-order valence-electron chi connectivity index (χ4n) is 8.08. The Morgan fingerprint density at radius 1 is 0.627 bits per heavy atom. The van der Waals surface area contributed by atoms with Crippen molar-refractivity contribution in [3.05, 3.63) is 162 Å². The highest BCUT2D eigenvalue weighted by atomic mass is 32.1. The summed E-state index contributed by atoms with van der Waals surface area (Å²) in [5.41, 5.74) is 7.06. The number of aliphatic imine (C=N–C) groups is 1. The molecule has 0 saturated heterocycles. The Kier molecular flexibility index (Phi) is 6.59. The predicted octanol–water partition coefficient (Wildman–Crippen LogP) is 11.7. The molecule has 3 aromatic heterocycles. The summed E-state index contributed by atoms with van der Waals surface area (Å²) in [6.45, 7) is 0. The third kappa shape index (κ3) is 4.71. The third-order valence-electron chi connectivity index (χ3n) is 10.6. The van der Waals surface area contributed by atoms with Crippen LogP contribution in [0.1, 0.15) is 28.6 Å². The van der Waals surface area contributed by atoms with Gasteiger partial charge in [0.2, 0.25) is 0 Å². The molecule has 0 fully saturated rings. The molecule has 2 aliphatic rings. The lowest BCUT2D eigenvalue weighted by atomic mass is 9.89. The molecule has 6 aromatic carbocycles. The summed E-state index contributed by atoms with van der Waals surface area (Å²) in [5, 5.41) is 14.1. The van der Waals surface area contributed by atoms with E-state index in [2.05, 4.69) is 150 Å². The number of nitrogens with zero attached hydrogens (tertiary/aromatic N) is 1. The van der Waals surface area contributed by atoms with Crippen LogP contribution in [0.3, 0.4) is 0 Å². The number of nitrogens with one attached hydrogen (secondary N) is 2. The summed E-state index contributed by atoms with van der Waals surface area (Å²) < 4.78 is 11.4. The smallest absolute Gasteiger partial charge is 0.135 e. The van der Waals surface area contributed by atoms with Crippen LogP contribution < -0.4 is 10.6 Å². The molecule has 51 heavy (non-hydrogen) atoms. The summed E-state index contributed by atoms with van der Waals surface area (Å²) in [6, 6.07) is 48.1. The van der Waals surface area contributed by atoms with Crippen molar-refractivity contribution in [2.24, 2.45) is 10.9 Å². The Labute approximate surface area is 302 Å². The van der Waals surface area contributed by atoms with Crippen molar-refractivity contribution >= 4 is 85.9 Å². The molecule has 0 amide bonds. The van der Waals surface area contributed by atoms with E-state index in [-0.39, 0.29) is 18.2 Å². The molecular formula is C45H31N3OS2. The molecule has 6 heteroatoms. The molecule has 9 aromatic rings. The summed E-state index contributed by atoms with van der Waals surface area (Å²) >= 11 is 3.74. The number of para-hydroxylation sites is 1.